The van der Waals surface area contributed by atoms with Gasteiger partial charge in [0.1, 0.15) is 0 Å². The summed E-state index contributed by atoms with van der Waals surface area (Å²) in [6.07, 6.45) is 3.11. The lowest BCUT2D eigenvalue weighted by molar-refractivity contribution is -0.120. The summed E-state index contributed by atoms with van der Waals surface area (Å²) in [5.41, 5.74) is 0. The number of aliphatic hydroxyl groups is 3. The zero-order valence-corrected chi connectivity index (χ0v) is 11.0. The molecule has 1 saturated carbocycles. The van der Waals surface area contributed by atoms with Gasteiger partial charge < -0.3 is 20.6 Å². The molecule has 5 nitrogen and oxygen atoms in total. The summed E-state index contributed by atoms with van der Waals surface area (Å²) < 4.78 is 0. The summed E-state index contributed by atoms with van der Waals surface area (Å²) in [7, 11) is 1.63. The van der Waals surface area contributed by atoms with Crippen molar-refractivity contribution in [1.82, 2.24) is 5.32 Å². The van der Waals surface area contributed by atoms with Crippen molar-refractivity contribution in [3.8, 4) is 0 Å². The van der Waals surface area contributed by atoms with Crippen molar-refractivity contribution >= 4 is 5.91 Å². The molecule has 1 amide bonds. The van der Waals surface area contributed by atoms with Crippen molar-refractivity contribution < 1.29 is 20.1 Å². The zero-order chi connectivity index (χ0) is 13.5. The quantitative estimate of drug-likeness (QED) is 0.507. The Balaban J connectivity index is 2.24. The molecule has 0 aromatic heterocycles. The molecule has 0 spiro atoms. The van der Waals surface area contributed by atoms with Gasteiger partial charge in [-0.05, 0) is 25.2 Å². The molecule has 1 aliphatic carbocycles. The standard InChI is InChI=1S/C13H25NO4/c1-14-12(17)5-3-2-4-9-6-10(8-15)13(18)11(16)7-9/h9-11,13,15-16,18H,2-8H2,1H3,(H,14,17). The van der Waals surface area contributed by atoms with Crippen molar-refractivity contribution in [3.05, 3.63) is 0 Å². The molecule has 0 aromatic carbocycles. The number of aliphatic hydroxyl groups excluding tert-OH is 3. The fourth-order valence-electron chi connectivity index (χ4n) is 2.72. The number of hydrogen-bond acceptors (Lipinski definition) is 4. The normalized spacial score (nSPS) is 32.2. The third kappa shape index (κ3) is 4.55. The molecule has 4 unspecified atom stereocenters. The highest BCUT2D eigenvalue weighted by Gasteiger charge is 2.34. The maximum Gasteiger partial charge on any atom is 0.219 e. The van der Waals surface area contributed by atoms with Crippen LogP contribution in [-0.2, 0) is 4.79 Å². The third-order valence-corrected chi connectivity index (χ3v) is 3.87. The van der Waals surface area contributed by atoms with E-state index in [9.17, 15) is 15.0 Å². The molecule has 106 valence electrons. The van der Waals surface area contributed by atoms with Gasteiger partial charge in [0, 0.05) is 26.0 Å². The predicted molar refractivity (Wildman–Crippen MR) is 67.8 cm³/mol. The lowest BCUT2D eigenvalue weighted by Crippen LogP contribution is -2.42. The van der Waals surface area contributed by atoms with Gasteiger partial charge in [-0.2, -0.15) is 0 Å². The second-order valence-corrected chi connectivity index (χ2v) is 5.26. The van der Waals surface area contributed by atoms with Gasteiger partial charge in [-0.3, -0.25) is 4.79 Å². The minimum absolute atomic E-state index is 0.0577. The van der Waals surface area contributed by atoms with Crippen LogP contribution in [0.2, 0.25) is 0 Å². The van der Waals surface area contributed by atoms with Gasteiger partial charge in [0.15, 0.2) is 0 Å². The summed E-state index contributed by atoms with van der Waals surface area (Å²) >= 11 is 0. The van der Waals surface area contributed by atoms with Crippen LogP contribution in [0.4, 0.5) is 0 Å². The molecule has 4 atom stereocenters. The number of rotatable bonds is 6. The summed E-state index contributed by atoms with van der Waals surface area (Å²) in [5, 5.41) is 31.1. The first-order chi connectivity index (χ1) is 8.58. The summed E-state index contributed by atoms with van der Waals surface area (Å²) in [6.45, 7) is -0.0764. The van der Waals surface area contributed by atoms with Crippen molar-refractivity contribution in [3.63, 3.8) is 0 Å². The molecule has 1 rings (SSSR count). The maximum absolute atomic E-state index is 11.0. The second kappa shape index (κ2) is 7.71. The first kappa shape index (κ1) is 15.4. The molecule has 1 aliphatic rings. The van der Waals surface area contributed by atoms with E-state index in [1.807, 2.05) is 0 Å². The Bertz CT molecular complexity index is 259. The third-order valence-electron chi connectivity index (χ3n) is 3.87. The van der Waals surface area contributed by atoms with Gasteiger partial charge in [-0.25, -0.2) is 0 Å². The molecule has 0 heterocycles. The molecule has 4 N–H and O–H groups in total. The monoisotopic (exact) mass is 259 g/mol. The zero-order valence-electron chi connectivity index (χ0n) is 11.0. The van der Waals surface area contributed by atoms with E-state index in [1.54, 1.807) is 7.05 Å². The van der Waals surface area contributed by atoms with Crippen LogP contribution in [-0.4, -0.2) is 47.1 Å². The average Bonchev–Trinajstić information content (AvgIpc) is 2.38. The highest BCUT2D eigenvalue weighted by molar-refractivity contribution is 5.75. The van der Waals surface area contributed by atoms with Gasteiger partial charge >= 0.3 is 0 Å². The van der Waals surface area contributed by atoms with Gasteiger partial charge in [0.25, 0.3) is 0 Å². The smallest absolute Gasteiger partial charge is 0.219 e. The Morgan fingerprint density at radius 3 is 2.61 bits per heavy atom. The highest BCUT2D eigenvalue weighted by atomic mass is 16.3. The number of hydrogen-bond donors (Lipinski definition) is 4. The number of unbranched alkanes of at least 4 members (excludes halogenated alkanes) is 1. The maximum atomic E-state index is 11.0. The molecule has 0 aromatic rings. The molecular formula is C13H25NO4. The van der Waals surface area contributed by atoms with Crippen LogP contribution in [0.3, 0.4) is 0 Å². The SMILES string of the molecule is CNC(=O)CCCCC1CC(O)C(O)C(CO)C1. The van der Waals surface area contributed by atoms with Gasteiger partial charge in [0.05, 0.1) is 12.2 Å². The molecule has 18 heavy (non-hydrogen) atoms. The minimum atomic E-state index is -0.794. The van der Waals surface area contributed by atoms with Gasteiger partial charge in [0.2, 0.25) is 5.91 Å². The second-order valence-electron chi connectivity index (χ2n) is 5.26. The number of nitrogens with one attached hydrogen (secondary N) is 1. The molecule has 0 bridgehead atoms. The highest BCUT2D eigenvalue weighted by Crippen LogP contribution is 2.32. The molecule has 5 heteroatoms. The molecule has 0 aliphatic heterocycles. The largest absolute Gasteiger partial charge is 0.396 e. The van der Waals surface area contributed by atoms with Gasteiger partial charge in [-0.1, -0.05) is 12.8 Å². The van der Waals surface area contributed by atoms with E-state index >= 15 is 0 Å². The van der Waals surface area contributed by atoms with E-state index in [1.165, 1.54) is 0 Å². The first-order valence-electron chi connectivity index (χ1n) is 6.76. The Morgan fingerprint density at radius 2 is 2.00 bits per heavy atom. The van der Waals surface area contributed by atoms with E-state index in [0.717, 1.165) is 25.7 Å². The van der Waals surface area contributed by atoms with Crippen LogP contribution in [0, 0.1) is 11.8 Å². The van der Waals surface area contributed by atoms with Crippen molar-refractivity contribution in [2.24, 2.45) is 11.8 Å². The Morgan fingerprint density at radius 1 is 1.28 bits per heavy atom. The van der Waals surface area contributed by atoms with E-state index in [0.29, 0.717) is 18.8 Å². The van der Waals surface area contributed by atoms with E-state index in [-0.39, 0.29) is 18.4 Å². The van der Waals surface area contributed by atoms with Crippen molar-refractivity contribution in [1.29, 1.82) is 0 Å². The van der Waals surface area contributed by atoms with Crippen LogP contribution in [0.5, 0.6) is 0 Å². The molecule has 0 radical (unpaired) electrons. The fourth-order valence-corrected chi connectivity index (χ4v) is 2.72. The van der Waals surface area contributed by atoms with Crippen LogP contribution >= 0.6 is 0 Å². The lowest BCUT2D eigenvalue weighted by Gasteiger charge is -2.36. The van der Waals surface area contributed by atoms with Crippen LogP contribution < -0.4 is 5.32 Å². The molecular weight excluding hydrogens is 234 g/mol. The Kier molecular flexibility index (Phi) is 6.60. The van der Waals surface area contributed by atoms with Crippen LogP contribution in [0.1, 0.15) is 38.5 Å². The number of amides is 1. The summed E-state index contributed by atoms with van der Waals surface area (Å²) in [4.78, 5) is 11.0. The lowest BCUT2D eigenvalue weighted by atomic mass is 9.76. The molecule has 1 fully saturated rings. The molecule has 0 saturated heterocycles. The first-order valence-corrected chi connectivity index (χ1v) is 6.76. The van der Waals surface area contributed by atoms with Crippen LogP contribution in [0.15, 0.2) is 0 Å². The van der Waals surface area contributed by atoms with E-state index in [2.05, 4.69) is 5.32 Å². The minimum Gasteiger partial charge on any atom is -0.396 e. The van der Waals surface area contributed by atoms with Crippen molar-refractivity contribution in [2.75, 3.05) is 13.7 Å². The summed E-state index contributed by atoms with van der Waals surface area (Å²) in [5.74, 6) is 0.185. The Hall–Kier alpha value is -0.650. The van der Waals surface area contributed by atoms with E-state index in [4.69, 9.17) is 5.11 Å². The van der Waals surface area contributed by atoms with Gasteiger partial charge in [-0.15, -0.1) is 0 Å². The fraction of sp³-hybridized carbons (Fsp3) is 0.923. The Labute approximate surface area is 108 Å². The summed E-state index contributed by atoms with van der Waals surface area (Å²) in [6, 6.07) is 0. The topological polar surface area (TPSA) is 89.8 Å². The predicted octanol–water partition coefficient (Wildman–Crippen LogP) is 0.0331. The van der Waals surface area contributed by atoms with Crippen molar-refractivity contribution in [2.45, 2.75) is 50.7 Å². The average molecular weight is 259 g/mol. The van der Waals surface area contributed by atoms with E-state index < -0.39 is 12.2 Å². The number of carbonyl (C=O) groups excluding carboxylic acids is 1. The number of carbonyl (C=O) groups is 1. The van der Waals surface area contributed by atoms with Crippen LogP contribution in [0.25, 0.3) is 0 Å².